The molecule has 1 amide bonds. The number of ether oxygens (including phenoxy) is 3. The van der Waals surface area contributed by atoms with E-state index in [4.69, 9.17) is 9.47 Å². The van der Waals surface area contributed by atoms with Crippen LogP contribution in [0.2, 0.25) is 0 Å². The van der Waals surface area contributed by atoms with Crippen molar-refractivity contribution in [1.29, 1.82) is 0 Å². The Morgan fingerprint density at radius 2 is 1.78 bits per heavy atom. The van der Waals surface area contributed by atoms with Gasteiger partial charge in [-0.2, -0.15) is 13.1 Å². The zero-order chi connectivity index (χ0) is 23.1. The number of carbonyl (C=O) groups is 2. The number of morpholine rings is 1. The number of halogens is 2. The zero-order valence-corrected chi connectivity index (χ0v) is 17.5. The third-order valence-corrected chi connectivity index (χ3v) is 6.27. The number of alkyl halides is 2. The van der Waals surface area contributed by atoms with E-state index < -0.39 is 35.1 Å². The molecule has 1 saturated heterocycles. The standard InChI is InChI=1S/C20H20F2N2O7S/c21-20(22)31-16-6-4-14(5-7-16)19(26)30-13-18(25)23-15-2-1-3-17(12-15)32(27,28)24-8-10-29-11-9-24/h1-7,12,20H,8-11,13H2,(H,23,25). The highest BCUT2D eigenvalue weighted by Crippen LogP contribution is 2.21. The number of rotatable bonds is 8. The number of esters is 1. The number of benzene rings is 2. The quantitative estimate of drug-likeness (QED) is 0.588. The van der Waals surface area contributed by atoms with E-state index in [1.807, 2.05) is 0 Å². The molecule has 2 aromatic carbocycles. The van der Waals surface area contributed by atoms with Gasteiger partial charge in [-0.3, -0.25) is 4.79 Å². The van der Waals surface area contributed by atoms with Gasteiger partial charge >= 0.3 is 12.6 Å². The van der Waals surface area contributed by atoms with Gasteiger partial charge in [0, 0.05) is 18.8 Å². The van der Waals surface area contributed by atoms with Gasteiger partial charge < -0.3 is 19.5 Å². The second-order valence-corrected chi connectivity index (χ2v) is 8.51. The van der Waals surface area contributed by atoms with Crippen LogP contribution in [0.15, 0.2) is 53.4 Å². The fourth-order valence-electron chi connectivity index (χ4n) is 2.85. The van der Waals surface area contributed by atoms with Crippen molar-refractivity contribution in [3.63, 3.8) is 0 Å². The number of hydrogen-bond donors (Lipinski definition) is 1. The van der Waals surface area contributed by atoms with Crippen molar-refractivity contribution in [1.82, 2.24) is 4.31 Å². The number of nitrogens with zero attached hydrogens (tertiary/aromatic N) is 1. The first-order valence-corrected chi connectivity index (χ1v) is 10.9. The lowest BCUT2D eigenvalue weighted by atomic mass is 10.2. The molecular formula is C20H20F2N2O7S. The molecule has 0 unspecified atom stereocenters. The predicted octanol–water partition coefficient (Wildman–Crippen LogP) is 2.10. The Kier molecular flexibility index (Phi) is 7.72. The molecule has 1 heterocycles. The highest BCUT2D eigenvalue weighted by molar-refractivity contribution is 7.89. The highest BCUT2D eigenvalue weighted by atomic mass is 32.2. The van der Waals surface area contributed by atoms with Crippen molar-refractivity contribution in [2.24, 2.45) is 0 Å². The van der Waals surface area contributed by atoms with E-state index in [-0.39, 0.29) is 35.0 Å². The minimum absolute atomic E-state index is 0.0142. The number of anilines is 1. The van der Waals surface area contributed by atoms with Gasteiger partial charge in [-0.1, -0.05) is 6.07 Å². The molecule has 1 fully saturated rings. The lowest BCUT2D eigenvalue weighted by Gasteiger charge is -2.26. The van der Waals surface area contributed by atoms with E-state index >= 15 is 0 Å². The Bertz CT molecular complexity index is 1060. The van der Waals surface area contributed by atoms with Gasteiger partial charge in [0.25, 0.3) is 5.91 Å². The molecule has 2 aromatic rings. The molecule has 0 aromatic heterocycles. The van der Waals surface area contributed by atoms with Crippen LogP contribution < -0.4 is 10.1 Å². The van der Waals surface area contributed by atoms with Gasteiger partial charge in [0.2, 0.25) is 10.0 Å². The second-order valence-electron chi connectivity index (χ2n) is 6.57. The van der Waals surface area contributed by atoms with Crippen LogP contribution in [0.25, 0.3) is 0 Å². The summed E-state index contributed by atoms with van der Waals surface area (Å²) >= 11 is 0. The van der Waals surface area contributed by atoms with Crippen molar-refractivity contribution in [3.8, 4) is 5.75 Å². The van der Waals surface area contributed by atoms with E-state index in [1.54, 1.807) is 0 Å². The Morgan fingerprint density at radius 3 is 2.44 bits per heavy atom. The SMILES string of the molecule is O=C(COC(=O)c1ccc(OC(F)F)cc1)Nc1cccc(S(=O)(=O)N2CCOCC2)c1. The first-order valence-electron chi connectivity index (χ1n) is 9.45. The maximum absolute atomic E-state index is 12.7. The van der Waals surface area contributed by atoms with E-state index in [9.17, 15) is 26.8 Å². The number of hydrogen-bond acceptors (Lipinski definition) is 7. The first kappa shape index (κ1) is 23.6. The van der Waals surface area contributed by atoms with Crippen molar-refractivity contribution in [3.05, 3.63) is 54.1 Å². The zero-order valence-electron chi connectivity index (χ0n) is 16.7. The molecule has 0 aliphatic carbocycles. The fraction of sp³-hybridized carbons (Fsp3) is 0.300. The van der Waals surface area contributed by atoms with Crippen LogP contribution in [0, 0.1) is 0 Å². The monoisotopic (exact) mass is 470 g/mol. The number of carbonyl (C=O) groups excluding carboxylic acids is 2. The second kappa shape index (κ2) is 10.5. The third kappa shape index (κ3) is 6.22. The Morgan fingerprint density at radius 1 is 1.09 bits per heavy atom. The van der Waals surface area contributed by atoms with E-state index in [0.29, 0.717) is 13.2 Å². The molecule has 0 radical (unpaired) electrons. The van der Waals surface area contributed by atoms with Crippen LogP contribution in [0.1, 0.15) is 10.4 Å². The van der Waals surface area contributed by atoms with E-state index in [0.717, 1.165) is 0 Å². The third-order valence-electron chi connectivity index (χ3n) is 4.38. The topological polar surface area (TPSA) is 111 Å². The molecule has 32 heavy (non-hydrogen) atoms. The summed E-state index contributed by atoms with van der Waals surface area (Å²) in [6.07, 6.45) is 0. The first-order chi connectivity index (χ1) is 15.3. The highest BCUT2D eigenvalue weighted by Gasteiger charge is 2.26. The average Bonchev–Trinajstić information content (AvgIpc) is 2.78. The van der Waals surface area contributed by atoms with Gasteiger partial charge in [-0.15, -0.1) is 0 Å². The van der Waals surface area contributed by atoms with Gasteiger partial charge in [0.15, 0.2) is 6.61 Å². The molecule has 0 bridgehead atoms. The molecule has 0 saturated carbocycles. The van der Waals surface area contributed by atoms with Crippen molar-refractivity contribution in [2.45, 2.75) is 11.5 Å². The summed E-state index contributed by atoms with van der Waals surface area (Å²) < 4.78 is 65.3. The van der Waals surface area contributed by atoms with Gasteiger partial charge in [0.1, 0.15) is 5.75 Å². The molecule has 0 spiro atoms. The molecule has 3 rings (SSSR count). The van der Waals surface area contributed by atoms with Crippen LogP contribution >= 0.6 is 0 Å². The van der Waals surface area contributed by atoms with Crippen molar-refractivity contribution < 1.29 is 41.0 Å². The van der Waals surface area contributed by atoms with Crippen LogP contribution in [0.5, 0.6) is 5.75 Å². The minimum Gasteiger partial charge on any atom is -0.452 e. The fourth-order valence-corrected chi connectivity index (χ4v) is 4.31. The summed E-state index contributed by atoms with van der Waals surface area (Å²) in [6, 6.07) is 10.5. The summed E-state index contributed by atoms with van der Waals surface area (Å²) in [5.41, 5.74) is 0.256. The number of amides is 1. The lowest BCUT2D eigenvalue weighted by molar-refractivity contribution is -0.119. The normalized spacial score (nSPS) is 14.7. The van der Waals surface area contributed by atoms with E-state index in [2.05, 4.69) is 10.1 Å². The van der Waals surface area contributed by atoms with Gasteiger partial charge in [-0.05, 0) is 42.5 Å². The van der Waals surface area contributed by atoms with E-state index in [1.165, 1.54) is 52.8 Å². The van der Waals surface area contributed by atoms with Gasteiger partial charge in [0.05, 0.1) is 23.7 Å². The maximum atomic E-state index is 12.7. The molecule has 1 N–H and O–H groups in total. The Balaban J connectivity index is 1.56. The summed E-state index contributed by atoms with van der Waals surface area (Å²) in [5.74, 6) is -1.65. The summed E-state index contributed by atoms with van der Waals surface area (Å²) in [6.45, 7) is -2.52. The van der Waals surface area contributed by atoms with Gasteiger partial charge in [-0.25, -0.2) is 13.2 Å². The van der Waals surface area contributed by atoms with Crippen LogP contribution in [-0.2, 0) is 24.3 Å². The van der Waals surface area contributed by atoms with Crippen LogP contribution in [-0.4, -0.2) is 64.1 Å². The molecule has 9 nitrogen and oxygen atoms in total. The molecule has 1 aliphatic heterocycles. The lowest BCUT2D eigenvalue weighted by Crippen LogP contribution is -2.40. The predicted molar refractivity (Wildman–Crippen MR) is 108 cm³/mol. The number of sulfonamides is 1. The minimum atomic E-state index is -3.73. The molecule has 1 aliphatic rings. The van der Waals surface area contributed by atoms with Crippen LogP contribution in [0.3, 0.4) is 0 Å². The van der Waals surface area contributed by atoms with Crippen LogP contribution in [0.4, 0.5) is 14.5 Å². The molecule has 0 atom stereocenters. The summed E-state index contributed by atoms with van der Waals surface area (Å²) in [5, 5.41) is 2.47. The average molecular weight is 470 g/mol. The molecule has 12 heteroatoms. The van der Waals surface area contributed by atoms with Crippen molar-refractivity contribution in [2.75, 3.05) is 38.2 Å². The molecular weight excluding hydrogens is 450 g/mol. The Hall–Kier alpha value is -3.09. The Labute approximate surface area is 182 Å². The van der Waals surface area contributed by atoms with Crippen molar-refractivity contribution >= 4 is 27.6 Å². The summed E-state index contributed by atoms with van der Waals surface area (Å²) in [4.78, 5) is 24.1. The summed E-state index contributed by atoms with van der Waals surface area (Å²) in [7, 11) is -3.73. The maximum Gasteiger partial charge on any atom is 0.387 e. The smallest absolute Gasteiger partial charge is 0.387 e. The molecule has 172 valence electrons. The number of nitrogens with one attached hydrogen (secondary N) is 1. The largest absolute Gasteiger partial charge is 0.452 e.